The number of carbonyl (C=O) groups excluding carboxylic acids is 1. The van der Waals surface area contributed by atoms with Gasteiger partial charge in [-0.2, -0.15) is 13.2 Å². The summed E-state index contributed by atoms with van der Waals surface area (Å²) >= 11 is 0. The first-order valence-corrected chi connectivity index (χ1v) is 10.8. The molecule has 4 atom stereocenters. The van der Waals surface area contributed by atoms with E-state index in [0.717, 1.165) is 31.2 Å². The number of rotatable bonds is 3. The number of hydrogen-bond acceptors (Lipinski definition) is 4. The van der Waals surface area contributed by atoms with Crippen LogP contribution in [-0.2, 0) is 15.1 Å². The summed E-state index contributed by atoms with van der Waals surface area (Å²) in [5.74, 6) is -0.419. The molecule has 1 N–H and O–H groups in total. The second-order valence-electron chi connectivity index (χ2n) is 8.71. The Hall–Kier alpha value is -1.64. The van der Waals surface area contributed by atoms with Crippen LogP contribution in [0.4, 0.5) is 13.2 Å². The predicted molar refractivity (Wildman–Crippen MR) is 105 cm³/mol. The first kappa shape index (κ1) is 21.6. The predicted octanol–water partition coefficient (Wildman–Crippen LogP) is 2.93. The summed E-state index contributed by atoms with van der Waals surface area (Å²) in [6.45, 7) is -0.512. The van der Waals surface area contributed by atoms with Crippen LogP contribution in [0.3, 0.4) is 0 Å². The fourth-order valence-electron chi connectivity index (χ4n) is 5.52. The standard InChI is InChI=1S/C22H29F3N2O3/c23-22(24,25)15-26-12-13-30-14-19(26)20(28)27-11-10-21(29,16-6-2-1-3-7-16)17-8-4-5-9-18(17)27/h1-3,6-7,17-19,29H,4-5,8-15H2/t17-,18+,19+,21?/m1/s1. The maximum Gasteiger partial charge on any atom is 0.401 e. The minimum Gasteiger partial charge on any atom is -0.385 e. The van der Waals surface area contributed by atoms with Gasteiger partial charge >= 0.3 is 6.18 Å². The van der Waals surface area contributed by atoms with Crippen LogP contribution < -0.4 is 0 Å². The van der Waals surface area contributed by atoms with Gasteiger partial charge in [-0.15, -0.1) is 0 Å². The topological polar surface area (TPSA) is 53.0 Å². The number of aliphatic hydroxyl groups is 1. The smallest absolute Gasteiger partial charge is 0.385 e. The average Bonchev–Trinajstić information content (AvgIpc) is 2.74. The number of halogens is 3. The van der Waals surface area contributed by atoms with E-state index in [-0.39, 0.29) is 37.6 Å². The highest BCUT2D eigenvalue weighted by Gasteiger charge is 2.51. The van der Waals surface area contributed by atoms with E-state index < -0.39 is 24.4 Å². The molecule has 30 heavy (non-hydrogen) atoms. The largest absolute Gasteiger partial charge is 0.401 e. The zero-order chi connectivity index (χ0) is 21.4. The number of piperidine rings is 1. The highest BCUT2D eigenvalue weighted by Crippen LogP contribution is 2.47. The van der Waals surface area contributed by atoms with Crippen molar-refractivity contribution in [2.45, 2.75) is 56.0 Å². The molecule has 2 saturated heterocycles. The van der Waals surface area contributed by atoms with Crippen LogP contribution >= 0.6 is 0 Å². The maximum absolute atomic E-state index is 13.4. The van der Waals surface area contributed by atoms with E-state index in [0.29, 0.717) is 13.0 Å². The van der Waals surface area contributed by atoms with Gasteiger partial charge in [-0.3, -0.25) is 9.69 Å². The van der Waals surface area contributed by atoms with Gasteiger partial charge in [0.05, 0.1) is 25.4 Å². The Balaban J connectivity index is 1.57. The van der Waals surface area contributed by atoms with E-state index >= 15 is 0 Å². The number of alkyl halides is 3. The molecule has 1 saturated carbocycles. The summed E-state index contributed by atoms with van der Waals surface area (Å²) in [6.07, 6.45) is -0.491. The Labute approximate surface area is 174 Å². The van der Waals surface area contributed by atoms with Gasteiger partial charge < -0.3 is 14.7 Å². The molecule has 3 fully saturated rings. The van der Waals surface area contributed by atoms with Crippen molar-refractivity contribution in [1.82, 2.24) is 9.80 Å². The normalized spacial score (nSPS) is 33.2. The van der Waals surface area contributed by atoms with Crippen molar-refractivity contribution in [3.63, 3.8) is 0 Å². The van der Waals surface area contributed by atoms with E-state index in [2.05, 4.69) is 0 Å². The number of nitrogens with zero attached hydrogens (tertiary/aromatic N) is 2. The molecule has 1 aliphatic carbocycles. The van der Waals surface area contributed by atoms with E-state index in [1.54, 1.807) is 4.90 Å². The van der Waals surface area contributed by atoms with Crippen molar-refractivity contribution in [2.24, 2.45) is 5.92 Å². The first-order chi connectivity index (χ1) is 14.3. The zero-order valence-electron chi connectivity index (χ0n) is 17.0. The van der Waals surface area contributed by atoms with Crippen molar-refractivity contribution in [3.05, 3.63) is 35.9 Å². The number of hydrogen-bond donors (Lipinski definition) is 1. The Morgan fingerprint density at radius 1 is 1.17 bits per heavy atom. The molecule has 0 aromatic heterocycles. The van der Waals surface area contributed by atoms with E-state index in [4.69, 9.17) is 4.74 Å². The lowest BCUT2D eigenvalue weighted by Crippen LogP contribution is -2.64. The van der Waals surface area contributed by atoms with Gasteiger partial charge in [0.1, 0.15) is 6.04 Å². The molecule has 1 aromatic carbocycles. The molecule has 2 aliphatic heterocycles. The number of amides is 1. The minimum absolute atomic E-state index is 0.0221. The molecular weight excluding hydrogens is 397 g/mol. The summed E-state index contributed by atoms with van der Waals surface area (Å²) in [5.41, 5.74) is -0.161. The Kier molecular flexibility index (Phi) is 6.10. The summed E-state index contributed by atoms with van der Waals surface area (Å²) in [7, 11) is 0. The van der Waals surface area contributed by atoms with Crippen molar-refractivity contribution in [2.75, 3.05) is 32.8 Å². The maximum atomic E-state index is 13.4. The molecule has 1 aromatic rings. The molecule has 1 amide bonds. The number of morpholine rings is 1. The van der Waals surface area contributed by atoms with Gasteiger partial charge in [-0.1, -0.05) is 43.2 Å². The van der Waals surface area contributed by atoms with Crippen LogP contribution in [0.1, 0.15) is 37.7 Å². The summed E-state index contributed by atoms with van der Waals surface area (Å²) < 4.78 is 44.5. The second-order valence-corrected chi connectivity index (χ2v) is 8.71. The molecule has 4 rings (SSSR count). The zero-order valence-corrected chi connectivity index (χ0v) is 17.0. The van der Waals surface area contributed by atoms with Crippen LogP contribution in [-0.4, -0.2) is 71.9 Å². The number of fused-ring (bicyclic) bond motifs is 1. The van der Waals surface area contributed by atoms with E-state index in [1.165, 1.54) is 4.90 Å². The number of benzene rings is 1. The van der Waals surface area contributed by atoms with Crippen LogP contribution in [0.15, 0.2) is 30.3 Å². The van der Waals surface area contributed by atoms with Crippen molar-refractivity contribution < 1.29 is 27.8 Å². The molecule has 0 radical (unpaired) electrons. The molecule has 3 aliphatic rings. The van der Waals surface area contributed by atoms with E-state index in [9.17, 15) is 23.1 Å². The van der Waals surface area contributed by atoms with Crippen molar-refractivity contribution >= 4 is 5.91 Å². The fourth-order valence-corrected chi connectivity index (χ4v) is 5.52. The molecule has 0 bridgehead atoms. The Morgan fingerprint density at radius 2 is 1.90 bits per heavy atom. The van der Waals surface area contributed by atoms with Crippen molar-refractivity contribution in [3.8, 4) is 0 Å². The SMILES string of the molecule is O=C([C@@H]1COCCN1CC(F)(F)F)N1CCC(O)(c2ccccc2)[C@@H]2CCCC[C@@H]21. The highest BCUT2D eigenvalue weighted by molar-refractivity contribution is 5.82. The summed E-state index contributed by atoms with van der Waals surface area (Å²) in [6, 6.07) is 8.45. The quantitative estimate of drug-likeness (QED) is 0.808. The lowest BCUT2D eigenvalue weighted by Gasteiger charge is -2.53. The van der Waals surface area contributed by atoms with Gasteiger partial charge in [0, 0.05) is 25.0 Å². The lowest BCUT2D eigenvalue weighted by molar-refractivity contribution is -0.179. The second kappa shape index (κ2) is 8.48. The summed E-state index contributed by atoms with van der Waals surface area (Å²) in [5, 5.41) is 11.6. The first-order valence-electron chi connectivity index (χ1n) is 10.8. The molecule has 1 unspecified atom stereocenters. The minimum atomic E-state index is -4.36. The number of likely N-dealkylation sites (tertiary alicyclic amines) is 1. The molecule has 2 heterocycles. The third-order valence-electron chi connectivity index (χ3n) is 6.94. The Bertz CT molecular complexity index is 745. The molecule has 0 spiro atoms. The molecule has 5 nitrogen and oxygen atoms in total. The monoisotopic (exact) mass is 426 g/mol. The number of carbonyl (C=O) groups is 1. The van der Waals surface area contributed by atoms with Gasteiger partial charge in [0.25, 0.3) is 0 Å². The molecular formula is C22H29F3N2O3. The van der Waals surface area contributed by atoms with Gasteiger partial charge in [-0.05, 0) is 24.8 Å². The van der Waals surface area contributed by atoms with E-state index in [1.807, 2.05) is 30.3 Å². The van der Waals surface area contributed by atoms with Crippen LogP contribution in [0.25, 0.3) is 0 Å². The van der Waals surface area contributed by atoms with Gasteiger partial charge in [-0.25, -0.2) is 0 Å². The Morgan fingerprint density at radius 3 is 2.63 bits per heavy atom. The van der Waals surface area contributed by atoms with Gasteiger partial charge in [0.15, 0.2) is 0 Å². The summed E-state index contributed by atoms with van der Waals surface area (Å²) in [4.78, 5) is 16.3. The number of ether oxygens (including phenoxy) is 1. The third kappa shape index (κ3) is 4.22. The lowest BCUT2D eigenvalue weighted by atomic mass is 9.66. The fraction of sp³-hybridized carbons (Fsp3) is 0.682. The van der Waals surface area contributed by atoms with Gasteiger partial charge in [0.2, 0.25) is 5.91 Å². The molecule has 8 heteroatoms. The van der Waals surface area contributed by atoms with Crippen LogP contribution in [0.5, 0.6) is 0 Å². The molecule has 166 valence electrons. The highest BCUT2D eigenvalue weighted by atomic mass is 19.4. The third-order valence-corrected chi connectivity index (χ3v) is 6.94. The van der Waals surface area contributed by atoms with Crippen LogP contribution in [0.2, 0.25) is 0 Å². The van der Waals surface area contributed by atoms with Crippen molar-refractivity contribution in [1.29, 1.82) is 0 Å². The van der Waals surface area contributed by atoms with Crippen LogP contribution in [0, 0.1) is 5.92 Å². The average molecular weight is 426 g/mol.